The zero-order valence-corrected chi connectivity index (χ0v) is 18.0. The second kappa shape index (κ2) is 22.0. The van der Waals surface area contributed by atoms with Gasteiger partial charge in [0.25, 0.3) is 0 Å². The normalized spacial score (nSPS) is 11.5. The summed E-state index contributed by atoms with van der Waals surface area (Å²) in [5.74, 6) is 0. The fourth-order valence-electron chi connectivity index (χ4n) is 3.41. The number of unbranched alkanes of at least 4 members (excludes halogenated alkanes) is 14. The first kappa shape index (κ1) is 24.9. The Morgan fingerprint density at radius 2 is 0.880 bits per heavy atom. The molecule has 0 aromatic rings. The van der Waals surface area contributed by atoms with Crippen LogP contribution in [0, 0.1) is 0 Å². The van der Waals surface area contributed by atoms with Gasteiger partial charge >= 0.3 is 0 Å². The Morgan fingerprint density at radius 3 is 1.28 bits per heavy atom. The predicted octanol–water partition coefficient (Wildman–Crippen LogP) is 7.22. The first-order chi connectivity index (χ1) is 12.3. The van der Waals surface area contributed by atoms with Gasteiger partial charge in [0, 0.05) is 13.2 Å². The number of rotatable bonds is 21. The highest BCUT2D eigenvalue weighted by molar-refractivity contribution is 4.51. The highest BCUT2D eigenvalue weighted by Crippen LogP contribution is 2.13. The van der Waals surface area contributed by atoms with E-state index < -0.39 is 0 Å². The SMILES string of the molecule is CCCCCCCCCCCCCCCCCOCCN(CC)CC. The van der Waals surface area contributed by atoms with Crippen LogP contribution in [-0.2, 0) is 4.74 Å². The van der Waals surface area contributed by atoms with Crippen LogP contribution in [0.5, 0.6) is 0 Å². The topological polar surface area (TPSA) is 12.5 Å². The molecule has 0 heterocycles. The molecule has 0 saturated carbocycles. The predicted molar refractivity (Wildman–Crippen MR) is 114 cm³/mol. The lowest BCUT2D eigenvalue weighted by Crippen LogP contribution is -2.27. The molecule has 0 aliphatic rings. The molecule has 2 nitrogen and oxygen atoms in total. The zero-order valence-electron chi connectivity index (χ0n) is 18.0. The van der Waals surface area contributed by atoms with Crippen molar-refractivity contribution in [3.63, 3.8) is 0 Å². The van der Waals surface area contributed by atoms with Crippen LogP contribution in [0.2, 0.25) is 0 Å². The van der Waals surface area contributed by atoms with E-state index in [1.54, 1.807) is 0 Å². The molecule has 0 bridgehead atoms. The summed E-state index contributed by atoms with van der Waals surface area (Å²) in [5, 5.41) is 0. The van der Waals surface area contributed by atoms with Crippen LogP contribution in [0.15, 0.2) is 0 Å². The largest absolute Gasteiger partial charge is 0.380 e. The Morgan fingerprint density at radius 1 is 0.480 bits per heavy atom. The number of likely N-dealkylation sites (N-methyl/N-ethyl adjacent to an activating group) is 1. The Hall–Kier alpha value is -0.0800. The summed E-state index contributed by atoms with van der Waals surface area (Å²) in [5.41, 5.74) is 0. The molecule has 0 aromatic heterocycles. The second-order valence-corrected chi connectivity index (χ2v) is 7.59. The van der Waals surface area contributed by atoms with E-state index >= 15 is 0 Å². The first-order valence-corrected chi connectivity index (χ1v) is 11.6. The van der Waals surface area contributed by atoms with Gasteiger partial charge in [-0.15, -0.1) is 0 Å². The van der Waals surface area contributed by atoms with Crippen molar-refractivity contribution in [2.45, 2.75) is 117 Å². The van der Waals surface area contributed by atoms with Gasteiger partial charge in [-0.1, -0.05) is 111 Å². The quantitative estimate of drug-likeness (QED) is 0.202. The molecule has 0 spiro atoms. The summed E-state index contributed by atoms with van der Waals surface area (Å²) in [6.45, 7) is 12.0. The molecule has 25 heavy (non-hydrogen) atoms. The number of hydrogen-bond donors (Lipinski definition) is 0. The Bertz CT molecular complexity index is 228. The lowest BCUT2D eigenvalue weighted by molar-refractivity contribution is 0.104. The maximum Gasteiger partial charge on any atom is 0.0593 e. The van der Waals surface area contributed by atoms with Crippen LogP contribution in [-0.4, -0.2) is 37.7 Å². The average molecular weight is 356 g/mol. The number of hydrogen-bond acceptors (Lipinski definition) is 2. The molecule has 0 rings (SSSR count). The molecular weight excluding hydrogens is 306 g/mol. The van der Waals surface area contributed by atoms with Gasteiger partial charge in [-0.3, -0.25) is 0 Å². The summed E-state index contributed by atoms with van der Waals surface area (Å²) in [4.78, 5) is 2.42. The molecule has 0 unspecified atom stereocenters. The second-order valence-electron chi connectivity index (χ2n) is 7.59. The van der Waals surface area contributed by atoms with E-state index in [4.69, 9.17) is 4.74 Å². The zero-order chi connectivity index (χ0) is 18.4. The van der Waals surface area contributed by atoms with Crippen molar-refractivity contribution in [1.29, 1.82) is 0 Å². The van der Waals surface area contributed by atoms with Crippen LogP contribution in [0.4, 0.5) is 0 Å². The van der Waals surface area contributed by atoms with Gasteiger partial charge in [-0.2, -0.15) is 0 Å². The molecule has 0 aliphatic heterocycles. The summed E-state index contributed by atoms with van der Waals surface area (Å²) < 4.78 is 5.74. The third kappa shape index (κ3) is 20.1. The van der Waals surface area contributed by atoms with Gasteiger partial charge in [-0.05, 0) is 19.5 Å². The van der Waals surface area contributed by atoms with E-state index in [0.29, 0.717) is 0 Å². The van der Waals surface area contributed by atoms with Crippen molar-refractivity contribution in [2.24, 2.45) is 0 Å². The smallest absolute Gasteiger partial charge is 0.0593 e. The van der Waals surface area contributed by atoms with Gasteiger partial charge in [0.15, 0.2) is 0 Å². The molecule has 0 atom stereocenters. The first-order valence-electron chi connectivity index (χ1n) is 11.6. The molecule has 0 aromatic carbocycles. The molecule has 2 heteroatoms. The van der Waals surface area contributed by atoms with E-state index in [-0.39, 0.29) is 0 Å². The Kier molecular flexibility index (Phi) is 21.9. The van der Waals surface area contributed by atoms with Crippen molar-refractivity contribution < 1.29 is 4.74 Å². The van der Waals surface area contributed by atoms with Crippen molar-refractivity contribution in [3.8, 4) is 0 Å². The van der Waals surface area contributed by atoms with Crippen LogP contribution in [0.25, 0.3) is 0 Å². The lowest BCUT2D eigenvalue weighted by atomic mass is 10.0. The maximum atomic E-state index is 5.74. The maximum absolute atomic E-state index is 5.74. The monoisotopic (exact) mass is 355 g/mol. The fourth-order valence-corrected chi connectivity index (χ4v) is 3.41. The van der Waals surface area contributed by atoms with Crippen molar-refractivity contribution in [2.75, 3.05) is 32.8 Å². The molecule has 0 aliphatic carbocycles. The van der Waals surface area contributed by atoms with E-state index in [0.717, 1.165) is 32.8 Å². The molecule has 152 valence electrons. The van der Waals surface area contributed by atoms with Crippen molar-refractivity contribution in [3.05, 3.63) is 0 Å². The lowest BCUT2D eigenvalue weighted by Gasteiger charge is -2.17. The summed E-state index contributed by atoms with van der Waals surface area (Å²) >= 11 is 0. The van der Waals surface area contributed by atoms with E-state index in [9.17, 15) is 0 Å². The fraction of sp³-hybridized carbons (Fsp3) is 1.00. The minimum Gasteiger partial charge on any atom is -0.380 e. The van der Waals surface area contributed by atoms with E-state index in [1.807, 2.05) is 0 Å². The number of ether oxygens (including phenoxy) is 1. The highest BCUT2D eigenvalue weighted by Gasteiger charge is 1.98. The standard InChI is InChI=1S/C23H49NO/c1-4-7-8-9-10-11-12-13-14-15-16-17-18-19-20-22-25-23-21-24(5-2)6-3/h4-23H2,1-3H3. The molecule has 0 saturated heterocycles. The molecule has 0 amide bonds. The van der Waals surface area contributed by atoms with Crippen LogP contribution in [0.3, 0.4) is 0 Å². The molecular formula is C23H49NO. The summed E-state index contributed by atoms with van der Waals surface area (Å²) in [6.07, 6.45) is 21.4. The van der Waals surface area contributed by atoms with Crippen LogP contribution >= 0.6 is 0 Å². The Balaban J connectivity index is 3.03. The molecule has 0 radical (unpaired) electrons. The van der Waals surface area contributed by atoms with E-state index in [1.165, 1.54) is 96.3 Å². The number of nitrogens with zero attached hydrogens (tertiary/aromatic N) is 1. The molecule has 0 N–H and O–H groups in total. The van der Waals surface area contributed by atoms with Crippen LogP contribution in [0.1, 0.15) is 117 Å². The van der Waals surface area contributed by atoms with Crippen molar-refractivity contribution >= 4 is 0 Å². The summed E-state index contributed by atoms with van der Waals surface area (Å²) in [7, 11) is 0. The van der Waals surface area contributed by atoms with Crippen molar-refractivity contribution in [1.82, 2.24) is 4.90 Å². The third-order valence-electron chi connectivity index (χ3n) is 5.34. The molecule has 0 fully saturated rings. The summed E-state index contributed by atoms with van der Waals surface area (Å²) in [6, 6.07) is 0. The van der Waals surface area contributed by atoms with Gasteiger partial charge < -0.3 is 9.64 Å². The van der Waals surface area contributed by atoms with Gasteiger partial charge in [0.1, 0.15) is 0 Å². The highest BCUT2D eigenvalue weighted by atomic mass is 16.5. The minimum absolute atomic E-state index is 0.903. The minimum atomic E-state index is 0.903. The third-order valence-corrected chi connectivity index (χ3v) is 5.34. The van der Waals surface area contributed by atoms with E-state index in [2.05, 4.69) is 25.7 Å². The van der Waals surface area contributed by atoms with Crippen LogP contribution < -0.4 is 0 Å². The van der Waals surface area contributed by atoms with Gasteiger partial charge in [0.2, 0.25) is 0 Å². The van der Waals surface area contributed by atoms with Gasteiger partial charge in [-0.25, -0.2) is 0 Å². The average Bonchev–Trinajstić information content (AvgIpc) is 2.64. The van der Waals surface area contributed by atoms with Gasteiger partial charge in [0.05, 0.1) is 6.61 Å². The Labute approximate surface area is 160 Å².